The molecule has 0 spiro atoms. The van der Waals surface area contributed by atoms with Gasteiger partial charge in [0.05, 0.1) is 18.4 Å². The molecular formula is C12H20N2O4. The van der Waals surface area contributed by atoms with E-state index in [9.17, 15) is 14.4 Å². The summed E-state index contributed by atoms with van der Waals surface area (Å²) in [7, 11) is 0. The number of carbonyl (C=O) groups is 3. The van der Waals surface area contributed by atoms with Gasteiger partial charge in [0.1, 0.15) is 0 Å². The van der Waals surface area contributed by atoms with Gasteiger partial charge in [-0.25, -0.2) is 0 Å². The summed E-state index contributed by atoms with van der Waals surface area (Å²) in [4.78, 5) is 35.7. The van der Waals surface area contributed by atoms with Gasteiger partial charge in [0.2, 0.25) is 11.8 Å². The third-order valence-electron chi connectivity index (χ3n) is 3.38. The Hall–Kier alpha value is -1.59. The van der Waals surface area contributed by atoms with Crippen LogP contribution in [0.5, 0.6) is 0 Å². The summed E-state index contributed by atoms with van der Waals surface area (Å²) in [6.45, 7) is 3.41. The molecule has 1 rings (SSSR count). The molecule has 1 saturated carbocycles. The normalized spacial score (nSPS) is 23.1. The highest BCUT2D eigenvalue weighted by Gasteiger charge is 2.40. The molecule has 2 amide bonds. The average Bonchev–Trinajstić information content (AvgIpc) is 2.73. The van der Waals surface area contributed by atoms with Gasteiger partial charge < -0.3 is 15.7 Å². The lowest BCUT2D eigenvalue weighted by molar-refractivity contribution is -0.150. The predicted molar refractivity (Wildman–Crippen MR) is 64.5 cm³/mol. The lowest BCUT2D eigenvalue weighted by Gasteiger charge is -2.29. The fourth-order valence-corrected chi connectivity index (χ4v) is 2.45. The van der Waals surface area contributed by atoms with E-state index in [0.29, 0.717) is 12.8 Å². The maximum Gasteiger partial charge on any atom is 0.307 e. The number of carbonyl (C=O) groups excluding carboxylic acids is 2. The molecule has 0 saturated heterocycles. The Morgan fingerprint density at radius 1 is 1.28 bits per heavy atom. The second-order valence-corrected chi connectivity index (χ2v) is 5.01. The van der Waals surface area contributed by atoms with Crippen LogP contribution in [-0.4, -0.2) is 40.4 Å². The van der Waals surface area contributed by atoms with Gasteiger partial charge in [-0.3, -0.25) is 14.4 Å². The Bertz CT molecular complexity index is 350. The van der Waals surface area contributed by atoms with E-state index < -0.39 is 23.7 Å². The molecule has 0 aromatic heterocycles. The fourth-order valence-electron chi connectivity index (χ4n) is 2.45. The summed E-state index contributed by atoms with van der Waals surface area (Å²) in [6.07, 6.45) is 1.82. The smallest absolute Gasteiger partial charge is 0.307 e. The van der Waals surface area contributed by atoms with Crippen molar-refractivity contribution in [1.29, 1.82) is 0 Å². The molecule has 102 valence electrons. The summed E-state index contributed by atoms with van der Waals surface area (Å²) in [6, 6.07) is -0.167. The number of hydrogen-bond acceptors (Lipinski definition) is 3. The molecular weight excluding hydrogens is 236 g/mol. The van der Waals surface area contributed by atoms with Gasteiger partial charge in [0, 0.05) is 6.04 Å². The molecule has 1 fully saturated rings. The van der Waals surface area contributed by atoms with Gasteiger partial charge in [-0.2, -0.15) is 0 Å². The first-order valence-corrected chi connectivity index (χ1v) is 6.16. The van der Waals surface area contributed by atoms with Crippen LogP contribution in [-0.2, 0) is 14.4 Å². The van der Waals surface area contributed by atoms with Crippen LogP contribution >= 0.6 is 0 Å². The molecule has 3 N–H and O–H groups in total. The molecule has 0 aliphatic heterocycles. The predicted octanol–water partition coefficient (Wildman–Crippen LogP) is 0.210. The van der Waals surface area contributed by atoms with Crippen LogP contribution in [0, 0.1) is 11.8 Å². The Kier molecular flexibility index (Phi) is 4.69. The monoisotopic (exact) mass is 256 g/mol. The van der Waals surface area contributed by atoms with E-state index in [2.05, 4.69) is 0 Å². The van der Waals surface area contributed by atoms with Crippen molar-refractivity contribution in [2.75, 3.05) is 6.54 Å². The molecule has 1 aliphatic rings. The third kappa shape index (κ3) is 3.21. The standard InChI is InChI=1S/C12H20N2O4/c1-7(2)14(6-10(13)15)11(16)8-4-3-5-9(8)12(17)18/h7-9H,3-6H2,1-2H3,(H2,13,15)(H,17,18). The molecule has 0 radical (unpaired) electrons. The second kappa shape index (κ2) is 5.84. The second-order valence-electron chi connectivity index (χ2n) is 5.01. The summed E-state index contributed by atoms with van der Waals surface area (Å²) < 4.78 is 0. The summed E-state index contributed by atoms with van der Waals surface area (Å²) in [5.41, 5.74) is 5.11. The summed E-state index contributed by atoms with van der Waals surface area (Å²) in [5.74, 6) is -2.94. The fraction of sp³-hybridized carbons (Fsp3) is 0.750. The third-order valence-corrected chi connectivity index (χ3v) is 3.38. The topological polar surface area (TPSA) is 101 Å². The Morgan fingerprint density at radius 3 is 2.28 bits per heavy atom. The summed E-state index contributed by atoms with van der Waals surface area (Å²) >= 11 is 0. The highest BCUT2D eigenvalue weighted by Crippen LogP contribution is 2.33. The molecule has 6 nitrogen and oxygen atoms in total. The number of carboxylic acid groups (broad SMARTS) is 1. The summed E-state index contributed by atoms with van der Waals surface area (Å²) in [5, 5.41) is 9.07. The van der Waals surface area contributed by atoms with Crippen LogP contribution < -0.4 is 5.73 Å². The highest BCUT2D eigenvalue weighted by atomic mass is 16.4. The van der Waals surface area contributed by atoms with Crippen LogP contribution in [0.4, 0.5) is 0 Å². The minimum atomic E-state index is -0.936. The number of nitrogens with zero attached hydrogens (tertiary/aromatic N) is 1. The lowest BCUT2D eigenvalue weighted by atomic mass is 9.94. The van der Waals surface area contributed by atoms with Crippen molar-refractivity contribution < 1.29 is 19.5 Å². The lowest BCUT2D eigenvalue weighted by Crippen LogP contribution is -2.47. The van der Waals surface area contributed by atoms with Gasteiger partial charge in [0.25, 0.3) is 0 Å². The molecule has 18 heavy (non-hydrogen) atoms. The van der Waals surface area contributed by atoms with Crippen molar-refractivity contribution >= 4 is 17.8 Å². The first kappa shape index (κ1) is 14.5. The molecule has 6 heteroatoms. The van der Waals surface area contributed by atoms with Crippen LogP contribution in [0.15, 0.2) is 0 Å². The molecule has 0 aromatic rings. The maximum absolute atomic E-state index is 12.3. The quantitative estimate of drug-likeness (QED) is 0.734. The van der Waals surface area contributed by atoms with E-state index in [-0.39, 0.29) is 18.5 Å². The minimum Gasteiger partial charge on any atom is -0.481 e. The van der Waals surface area contributed by atoms with E-state index in [1.807, 2.05) is 0 Å². The number of hydrogen-bond donors (Lipinski definition) is 2. The zero-order chi connectivity index (χ0) is 13.9. The Labute approximate surface area is 106 Å². The molecule has 2 unspecified atom stereocenters. The molecule has 1 aliphatic carbocycles. The van der Waals surface area contributed by atoms with E-state index in [0.717, 1.165) is 6.42 Å². The van der Waals surface area contributed by atoms with Gasteiger partial charge in [-0.1, -0.05) is 6.42 Å². The van der Waals surface area contributed by atoms with Crippen molar-refractivity contribution in [2.24, 2.45) is 17.6 Å². The number of aliphatic carboxylic acids is 1. The first-order chi connectivity index (χ1) is 8.34. The van der Waals surface area contributed by atoms with Gasteiger partial charge in [0.15, 0.2) is 0 Å². The van der Waals surface area contributed by atoms with Gasteiger partial charge >= 0.3 is 5.97 Å². The van der Waals surface area contributed by atoms with Crippen molar-refractivity contribution in [3.63, 3.8) is 0 Å². The van der Waals surface area contributed by atoms with Crippen LogP contribution in [0.3, 0.4) is 0 Å². The average molecular weight is 256 g/mol. The SMILES string of the molecule is CC(C)N(CC(N)=O)C(=O)C1CCCC1C(=O)O. The largest absolute Gasteiger partial charge is 0.481 e. The van der Waals surface area contributed by atoms with E-state index in [4.69, 9.17) is 10.8 Å². The van der Waals surface area contributed by atoms with Crippen LogP contribution in [0.1, 0.15) is 33.1 Å². The van der Waals surface area contributed by atoms with E-state index in [1.165, 1.54) is 4.90 Å². The zero-order valence-electron chi connectivity index (χ0n) is 10.8. The van der Waals surface area contributed by atoms with Crippen molar-refractivity contribution in [1.82, 2.24) is 4.90 Å². The minimum absolute atomic E-state index is 0.153. The highest BCUT2D eigenvalue weighted by molar-refractivity contribution is 5.88. The molecule has 0 heterocycles. The van der Waals surface area contributed by atoms with Crippen LogP contribution in [0.2, 0.25) is 0 Å². The van der Waals surface area contributed by atoms with Gasteiger partial charge in [-0.05, 0) is 26.7 Å². The number of amides is 2. The van der Waals surface area contributed by atoms with Crippen molar-refractivity contribution in [3.8, 4) is 0 Å². The number of rotatable bonds is 5. The molecule has 0 bridgehead atoms. The molecule has 2 atom stereocenters. The number of primary amides is 1. The Balaban J connectivity index is 2.82. The number of carboxylic acids is 1. The van der Waals surface area contributed by atoms with Crippen molar-refractivity contribution in [3.05, 3.63) is 0 Å². The van der Waals surface area contributed by atoms with Crippen LogP contribution in [0.25, 0.3) is 0 Å². The maximum atomic E-state index is 12.3. The number of nitrogens with two attached hydrogens (primary N) is 1. The van der Waals surface area contributed by atoms with Gasteiger partial charge in [-0.15, -0.1) is 0 Å². The van der Waals surface area contributed by atoms with E-state index in [1.54, 1.807) is 13.8 Å². The van der Waals surface area contributed by atoms with Crippen molar-refractivity contribution in [2.45, 2.75) is 39.2 Å². The zero-order valence-corrected chi connectivity index (χ0v) is 10.8. The van der Waals surface area contributed by atoms with E-state index >= 15 is 0 Å². The first-order valence-electron chi connectivity index (χ1n) is 6.16. The Morgan fingerprint density at radius 2 is 1.83 bits per heavy atom. The molecule has 0 aromatic carbocycles.